The minimum atomic E-state index is -1.77. The fourth-order valence-electron chi connectivity index (χ4n) is 9.48. The summed E-state index contributed by atoms with van der Waals surface area (Å²) in [6.45, 7) is 8.17. The molecule has 11 atom stereocenters. The van der Waals surface area contributed by atoms with Gasteiger partial charge in [0, 0.05) is 35.7 Å². The van der Waals surface area contributed by atoms with Crippen LogP contribution in [0.5, 0.6) is 0 Å². The van der Waals surface area contributed by atoms with E-state index in [-0.39, 0.29) is 17.8 Å². The number of aliphatic hydroxyl groups is 1. The van der Waals surface area contributed by atoms with E-state index in [9.17, 15) is 24.3 Å². The fraction of sp³-hybridized carbons (Fsp3) is 0.655. The molecule has 2 saturated heterocycles. The third-order valence-corrected chi connectivity index (χ3v) is 10.9. The Morgan fingerprint density at radius 1 is 1.23 bits per heavy atom. The molecule has 0 amide bonds. The van der Waals surface area contributed by atoms with E-state index in [1.807, 2.05) is 6.07 Å². The molecule has 1 N–H and O–H groups in total. The van der Waals surface area contributed by atoms with Gasteiger partial charge >= 0.3 is 11.9 Å². The zero-order chi connectivity index (χ0) is 28.3. The van der Waals surface area contributed by atoms with Crippen molar-refractivity contribution in [1.82, 2.24) is 0 Å². The lowest BCUT2D eigenvalue weighted by atomic mass is 9.44. The van der Waals surface area contributed by atoms with E-state index >= 15 is 0 Å². The van der Waals surface area contributed by atoms with Crippen molar-refractivity contribution in [1.29, 1.82) is 0 Å². The molecule has 0 unspecified atom stereocenters. The van der Waals surface area contributed by atoms with Crippen molar-refractivity contribution in [3.05, 3.63) is 36.0 Å². The number of rotatable bonds is 5. The highest BCUT2D eigenvalue weighted by molar-refractivity contribution is 6.07. The highest BCUT2D eigenvalue weighted by atomic mass is 16.6. The van der Waals surface area contributed by atoms with Gasteiger partial charge in [-0.3, -0.25) is 9.59 Å². The van der Waals surface area contributed by atoms with E-state index in [4.69, 9.17) is 23.4 Å². The van der Waals surface area contributed by atoms with Crippen molar-refractivity contribution in [2.45, 2.75) is 82.9 Å². The highest BCUT2D eigenvalue weighted by Crippen LogP contribution is 2.79. The quantitative estimate of drug-likeness (QED) is 0.255. The van der Waals surface area contributed by atoms with Crippen LogP contribution in [0.1, 0.15) is 58.9 Å². The zero-order valence-electron chi connectivity index (χ0n) is 22.9. The van der Waals surface area contributed by atoms with Gasteiger partial charge in [-0.05, 0) is 44.2 Å². The first-order valence-electron chi connectivity index (χ1n) is 13.3. The van der Waals surface area contributed by atoms with Gasteiger partial charge in [0.1, 0.15) is 29.4 Å². The predicted octanol–water partition coefficient (Wildman–Crippen LogP) is 2.48. The van der Waals surface area contributed by atoms with Gasteiger partial charge in [0.2, 0.25) is 6.10 Å². The maximum Gasteiger partial charge on any atom is 0.347 e. The SMILES string of the molecule is COC(=O)[C@H](OC(C)=O)[C@@H]1[C@]2(C)C(=CC(=O)[C@]1(C)C=O)O[C@@H]1C[C@@]3(C)[C@H](c4ccoc4)C[C@H]4O[C@]43[C@](C)(O)[C@H]12. The van der Waals surface area contributed by atoms with Gasteiger partial charge in [-0.1, -0.05) is 13.8 Å². The summed E-state index contributed by atoms with van der Waals surface area (Å²) in [7, 11) is 1.15. The van der Waals surface area contributed by atoms with Crippen LogP contribution >= 0.6 is 0 Å². The number of esters is 2. The van der Waals surface area contributed by atoms with Crippen LogP contribution in [0.25, 0.3) is 0 Å². The summed E-state index contributed by atoms with van der Waals surface area (Å²) in [5, 5.41) is 12.6. The van der Waals surface area contributed by atoms with Gasteiger partial charge in [-0.25, -0.2) is 4.79 Å². The Hall–Kier alpha value is -2.98. The highest BCUT2D eigenvalue weighted by Gasteiger charge is 2.88. The average Bonchev–Trinajstić information content (AvgIpc) is 3.11. The van der Waals surface area contributed by atoms with Gasteiger partial charge in [-0.15, -0.1) is 0 Å². The summed E-state index contributed by atoms with van der Waals surface area (Å²) in [6.07, 6.45) is 3.93. The lowest BCUT2D eigenvalue weighted by Gasteiger charge is -2.58. The van der Waals surface area contributed by atoms with Crippen molar-refractivity contribution >= 4 is 24.0 Å². The predicted molar refractivity (Wildman–Crippen MR) is 132 cm³/mol. The molecular weight excluding hydrogens is 508 g/mol. The van der Waals surface area contributed by atoms with Crippen LogP contribution in [-0.4, -0.2) is 65.7 Å². The number of ketones is 1. The minimum absolute atomic E-state index is 0.0389. The molecule has 210 valence electrons. The average molecular weight is 543 g/mol. The number of carbonyl (C=O) groups is 4. The molecule has 39 heavy (non-hydrogen) atoms. The Bertz CT molecular complexity index is 1300. The molecule has 0 radical (unpaired) electrons. The first-order chi connectivity index (χ1) is 18.2. The monoisotopic (exact) mass is 542 g/mol. The molecule has 0 aromatic carbocycles. The van der Waals surface area contributed by atoms with E-state index < -0.39 is 69.2 Å². The molecule has 5 aliphatic rings. The molecule has 2 saturated carbocycles. The first kappa shape index (κ1) is 26.3. The van der Waals surface area contributed by atoms with Crippen LogP contribution in [0.4, 0.5) is 0 Å². The molecule has 10 heteroatoms. The maximum absolute atomic E-state index is 13.5. The second kappa shape index (κ2) is 7.81. The number of furan rings is 1. The number of fused-ring (bicyclic) bond motifs is 3. The van der Waals surface area contributed by atoms with E-state index in [2.05, 4.69) is 6.92 Å². The van der Waals surface area contributed by atoms with Gasteiger partial charge in [-0.2, -0.15) is 0 Å². The third-order valence-electron chi connectivity index (χ3n) is 10.9. The number of methoxy groups -OCH3 is 1. The molecule has 1 spiro atoms. The fourth-order valence-corrected chi connectivity index (χ4v) is 9.48. The van der Waals surface area contributed by atoms with Crippen LogP contribution in [0.2, 0.25) is 0 Å². The van der Waals surface area contributed by atoms with Crippen molar-refractivity contribution in [3.8, 4) is 0 Å². The lowest BCUT2D eigenvalue weighted by molar-refractivity contribution is -0.211. The van der Waals surface area contributed by atoms with Crippen LogP contribution in [0, 0.1) is 28.1 Å². The molecule has 3 heterocycles. The molecule has 3 aliphatic carbocycles. The van der Waals surface area contributed by atoms with Crippen LogP contribution < -0.4 is 0 Å². The smallest absolute Gasteiger partial charge is 0.347 e. The Morgan fingerprint density at radius 2 is 1.95 bits per heavy atom. The van der Waals surface area contributed by atoms with Crippen LogP contribution in [0.15, 0.2) is 34.8 Å². The number of aldehydes is 1. The lowest BCUT2D eigenvalue weighted by Crippen LogP contribution is -2.69. The van der Waals surface area contributed by atoms with E-state index in [1.54, 1.807) is 26.4 Å². The summed E-state index contributed by atoms with van der Waals surface area (Å²) in [4.78, 5) is 51.4. The summed E-state index contributed by atoms with van der Waals surface area (Å²) < 4.78 is 28.8. The third kappa shape index (κ3) is 2.89. The number of ether oxygens (including phenoxy) is 4. The standard InChI is InChI=1S/C29H34O10/c1-14(31)37-21(24(33)35-6)23-25(2,13-30)18(32)10-19-27(23,4)22-17(38-19)11-26(3)16(15-7-8-36-12-15)9-20-29(26,39-20)28(22,5)34/h7-8,10,12-13,16-17,20-23,34H,9,11H2,1-6H3/t16-,17+,20+,21+,22+,23-,25-,26-,27+,28+,29+/m0/s1. The van der Waals surface area contributed by atoms with Crippen molar-refractivity contribution < 1.29 is 47.6 Å². The topological polar surface area (TPSA) is 142 Å². The maximum atomic E-state index is 13.5. The molecule has 2 aliphatic heterocycles. The van der Waals surface area contributed by atoms with Crippen molar-refractivity contribution in [2.75, 3.05) is 7.11 Å². The number of allylic oxidation sites excluding steroid dienone is 2. The van der Waals surface area contributed by atoms with Gasteiger partial charge in [0.15, 0.2) is 5.78 Å². The summed E-state index contributed by atoms with van der Waals surface area (Å²) in [6, 6.07) is 1.93. The van der Waals surface area contributed by atoms with Gasteiger partial charge < -0.3 is 33.3 Å². The first-order valence-corrected chi connectivity index (χ1v) is 13.3. The largest absolute Gasteiger partial charge is 0.494 e. The molecular formula is C29H34O10. The second-order valence-corrected chi connectivity index (χ2v) is 12.7. The summed E-state index contributed by atoms with van der Waals surface area (Å²) in [5.74, 6) is -3.87. The normalized spacial score (nSPS) is 47.9. The molecule has 1 aromatic rings. The van der Waals surface area contributed by atoms with Crippen molar-refractivity contribution in [2.24, 2.45) is 28.1 Å². The van der Waals surface area contributed by atoms with Crippen LogP contribution in [0.3, 0.4) is 0 Å². The zero-order valence-corrected chi connectivity index (χ0v) is 22.9. The molecule has 6 rings (SSSR count). The van der Waals surface area contributed by atoms with Crippen molar-refractivity contribution in [3.63, 3.8) is 0 Å². The van der Waals surface area contributed by atoms with Gasteiger partial charge in [0.05, 0.1) is 31.2 Å². The minimum Gasteiger partial charge on any atom is -0.494 e. The summed E-state index contributed by atoms with van der Waals surface area (Å²) >= 11 is 0. The molecule has 1 aromatic heterocycles. The number of hydrogen-bond donors (Lipinski definition) is 1. The number of epoxide rings is 1. The second-order valence-electron chi connectivity index (χ2n) is 12.7. The Morgan fingerprint density at radius 3 is 2.54 bits per heavy atom. The number of carbonyl (C=O) groups excluding carboxylic acids is 4. The number of hydrogen-bond acceptors (Lipinski definition) is 10. The Labute approximate surface area is 226 Å². The Kier molecular flexibility index (Phi) is 5.26. The van der Waals surface area contributed by atoms with E-state index in [1.165, 1.54) is 13.0 Å². The van der Waals surface area contributed by atoms with Gasteiger partial charge in [0.25, 0.3) is 0 Å². The molecule has 0 bridgehead atoms. The van der Waals surface area contributed by atoms with E-state index in [0.717, 1.165) is 19.6 Å². The van der Waals surface area contributed by atoms with Crippen LogP contribution in [-0.2, 0) is 38.1 Å². The molecule has 4 fully saturated rings. The Balaban J connectivity index is 1.53. The molecule has 10 nitrogen and oxygen atoms in total. The van der Waals surface area contributed by atoms with E-state index in [0.29, 0.717) is 19.1 Å². The summed E-state index contributed by atoms with van der Waals surface area (Å²) in [5.41, 5.74) is -5.01.